The molecule has 1 aromatic carbocycles. The Balaban J connectivity index is 0.00000448. The second-order valence-corrected chi connectivity index (χ2v) is 18.0. The number of rotatable bonds is 10. The van der Waals surface area contributed by atoms with Gasteiger partial charge in [-0.2, -0.15) is 17.0 Å². The lowest BCUT2D eigenvalue weighted by molar-refractivity contribution is -0.0415. The Labute approximate surface area is 308 Å². The number of amides is 1. The van der Waals surface area contributed by atoms with Crippen LogP contribution in [0.2, 0.25) is 0 Å². The van der Waals surface area contributed by atoms with Gasteiger partial charge >= 0.3 is 0 Å². The predicted octanol–water partition coefficient (Wildman–Crippen LogP) is 4.24. The van der Waals surface area contributed by atoms with Crippen LogP contribution >= 0.6 is 12.4 Å². The third kappa shape index (κ3) is 7.73. The fourth-order valence-corrected chi connectivity index (χ4v) is 10.6. The van der Waals surface area contributed by atoms with Crippen LogP contribution in [0.5, 0.6) is 11.5 Å². The quantitative estimate of drug-likeness (QED) is 0.381. The number of hydrogen-bond donors (Lipinski definition) is 1. The lowest BCUT2D eigenvalue weighted by Gasteiger charge is -2.55. The molecule has 282 valence electrons. The Morgan fingerprint density at radius 1 is 0.980 bits per heavy atom. The van der Waals surface area contributed by atoms with Gasteiger partial charge in [-0.3, -0.25) is 4.79 Å². The molecule has 1 atom stereocenters. The third-order valence-electron chi connectivity index (χ3n) is 11.8. The van der Waals surface area contributed by atoms with E-state index >= 15 is 0 Å². The second-order valence-electron chi connectivity index (χ2n) is 16.0. The van der Waals surface area contributed by atoms with Crippen molar-refractivity contribution in [1.82, 2.24) is 33.7 Å². The molecule has 1 aromatic heterocycles. The molecule has 5 aliphatic rings. The number of carbonyl (C=O) groups excluding carboxylic acids is 1. The summed E-state index contributed by atoms with van der Waals surface area (Å²) in [5.74, 6) is 1.04. The number of nitrogens with one attached hydrogen (secondary N) is 1. The van der Waals surface area contributed by atoms with Crippen molar-refractivity contribution >= 4 is 34.3 Å². The maximum absolute atomic E-state index is 14.4. The molecule has 5 fully saturated rings. The maximum Gasteiger partial charge on any atom is 0.281 e. The maximum atomic E-state index is 14.4. The summed E-state index contributed by atoms with van der Waals surface area (Å²) < 4.78 is 51.1. The highest BCUT2D eigenvalue weighted by atomic mass is 35.5. The van der Waals surface area contributed by atoms with Crippen molar-refractivity contribution in [3.05, 3.63) is 42.1 Å². The van der Waals surface area contributed by atoms with Gasteiger partial charge in [0.05, 0.1) is 11.8 Å². The number of ether oxygens (including phenoxy) is 1. The molecule has 0 saturated carbocycles. The number of aromatic nitrogens is 2. The minimum absolute atomic E-state index is 0. The van der Waals surface area contributed by atoms with Crippen molar-refractivity contribution in [2.75, 3.05) is 76.9 Å². The molecule has 6 heterocycles. The number of carbonyl (C=O) groups is 1. The molecule has 5 saturated heterocycles. The zero-order valence-corrected chi connectivity index (χ0v) is 32.0. The van der Waals surface area contributed by atoms with Crippen molar-refractivity contribution in [3.63, 3.8) is 0 Å². The molecular weight excluding hydrogens is 695 g/mol. The van der Waals surface area contributed by atoms with Crippen LogP contribution < -0.4 is 15.0 Å². The lowest BCUT2D eigenvalue weighted by Crippen LogP contribution is -2.63. The molecule has 5 aliphatic heterocycles. The first-order valence-corrected chi connectivity index (χ1v) is 19.8. The van der Waals surface area contributed by atoms with Crippen molar-refractivity contribution in [2.24, 2.45) is 16.7 Å². The van der Waals surface area contributed by atoms with Gasteiger partial charge in [0.2, 0.25) is 0 Å². The van der Waals surface area contributed by atoms with E-state index in [4.69, 9.17) is 4.74 Å². The molecule has 0 unspecified atom stereocenters. The smallest absolute Gasteiger partial charge is 0.281 e. The standard InChI is InChI=1S/C36H53FN8O4S.ClH/c1-26(2)45(27(3)4)34(46)30-17-29(37)5-6-31(30)49-32-18-38-25-40-33(32)42-12-7-28(20-42)19-41-23-36(24-41)10-15-44(16-11-36)50(47,48)43-13-8-35(9-14-43)21-39-22-35;/h5-6,17-18,25-28,39H,7-16,19-24H2,1-4H3;1H/t28-;/m0./s1. The molecule has 1 amide bonds. The summed E-state index contributed by atoms with van der Waals surface area (Å²) in [4.78, 5) is 28.8. The minimum atomic E-state index is -3.39. The van der Waals surface area contributed by atoms with Crippen LogP contribution in [0.1, 0.15) is 70.2 Å². The van der Waals surface area contributed by atoms with E-state index in [2.05, 4.69) is 25.1 Å². The number of halogens is 2. The van der Waals surface area contributed by atoms with Gasteiger partial charge in [0, 0.05) is 84.1 Å². The summed E-state index contributed by atoms with van der Waals surface area (Å²) in [7, 11) is -3.39. The van der Waals surface area contributed by atoms with Crippen LogP contribution in [0.4, 0.5) is 10.2 Å². The Morgan fingerprint density at radius 2 is 1.61 bits per heavy atom. The number of piperidine rings is 2. The Kier molecular flexibility index (Phi) is 11.2. The van der Waals surface area contributed by atoms with Gasteiger partial charge in [-0.15, -0.1) is 12.4 Å². The summed E-state index contributed by atoms with van der Waals surface area (Å²) in [6.07, 6.45) is 7.89. The summed E-state index contributed by atoms with van der Waals surface area (Å²) in [5.41, 5.74) is 0.711. The van der Waals surface area contributed by atoms with Gasteiger partial charge in [0.15, 0.2) is 11.6 Å². The number of anilines is 1. The molecule has 51 heavy (non-hydrogen) atoms. The van der Waals surface area contributed by atoms with Crippen molar-refractivity contribution in [3.8, 4) is 11.5 Å². The van der Waals surface area contributed by atoms with Crippen molar-refractivity contribution in [1.29, 1.82) is 0 Å². The summed E-state index contributed by atoms with van der Waals surface area (Å²) in [6.45, 7) is 17.0. The number of likely N-dealkylation sites (tertiary alicyclic amines) is 1. The lowest BCUT2D eigenvalue weighted by atomic mass is 9.72. The highest BCUT2D eigenvalue weighted by Crippen LogP contribution is 2.43. The van der Waals surface area contributed by atoms with E-state index in [9.17, 15) is 17.6 Å². The zero-order chi connectivity index (χ0) is 35.3. The Morgan fingerprint density at radius 3 is 2.20 bits per heavy atom. The van der Waals surface area contributed by atoms with E-state index in [1.165, 1.54) is 24.5 Å². The first-order chi connectivity index (χ1) is 23.9. The molecule has 0 bridgehead atoms. The average molecular weight is 749 g/mol. The Hall–Kier alpha value is -2.62. The SMILES string of the molecule is CC(C)N(C(=O)c1cc(F)ccc1Oc1cncnc1N1CC[C@@H](CN2CC3(CCN(S(=O)(=O)N4CCC5(CC4)CNC5)CC3)C2)C1)C(C)C.Cl. The van der Waals surface area contributed by atoms with E-state index in [0.717, 1.165) is 77.9 Å². The first kappa shape index (κ1) is 38.1. The molecule has 0 aliphatic carbocycles. The van der Waals surface area contributed by atoms with E-state index in [1.807, 2.05) is 27.7 Å². The highest BCUT2D eigenvalue weighted by molar-refractivity contribution is 7.86. The molecule has 2 aromatic rings. The molecule has 15 heteroatoms. The van der Waals surface area contributed by atoms with Crippen molar-refractivity contribution < 1.29 is 22.3 Å². The fourth-order valence-electron chi connectivity index (χ4n) is 8.97. The van der Waals surface area contributed by atoms with Gasteiger partial charge in [-0.05, 0) is 94.7 Å². The van der Waals surface area contributed by atoms with Gasteiger partial charge in [0.1, 0.15) is 17.9 Å². The van der Waals surface area contributed by atoms with Crippen LogP contribution in [-0.2, 0) is 10.2 Å². The fraction of sp³-hybridized carbons (Fsp3) is 0.694. The van der Waals surface area contributed by atoms with E-state index in [-0.39, 0.29) is 47.1 Å². The predicted molar refractivity (Wildman–Crippen MR) is 197 cm³/mol. The average Bonchev–Trinajstić information content (AvgIpc) is 3.52. The highest BCUT2D eigenvalue weighted by Gasteiger charge is 2.49. The third-order valence-corrected chi connectivity index (χ3v) is 13.9. The van der Waals surface area contributed by atoms with Crippen molar-refractivity contribution in [2.45, 2.75) is 71.9 Å². The normalized spacial score (nSPS) is 23.7. The monoisotopic (exact) mass is 748 g/mol. The van der Waals surface area contributed by atoms with Gasteiger partial charge in [0.25, 0.3) is 16.1 Å². The number of nitrogens with zero attached hydrogens (tertiary/aromatic N) is 7. The molecule has 12 nitrogen and oxygen atoms in total. The Bertz CT molecular complexity index is 1640. The van der Waals surface area contributed by atoms with Gasteiger partial charge < -0.3 is 24.8 Å². The van der Waals surface area contributed by atoms with Crippen LogP contribution in [0, 0.1) is 22.6 Å². The summed E-state index contributed by atoms with van der Waals surface area (Å²) in [5, 5.41) is 3.36. The topological polar surface area (TPSA) is 114 Å². The molecular formula is C36H54ClFN8O4S. The van der Waals surface area contributed by atoms with E-state index in [1.54, 1.807) is 19.7 Å². The van der Waals surface area contributed by atoms with Crippen LogP contribution in [0.15, 0.2) is 30.7 Å². The largest absolute Gasteiger partial charge is 0.451 e. The van der Waals surface area contributed by atoms with Crippen LogP contribution in [0.25, 0.3) is 0 Å². The van der Waals surface area contributed by atoms with Gasteiger partial charge in [-0.25, -0.2) is 14.4 Å². The second kappa shape index (κ2) is 15.0. The summed E-state index contributed by atoms with van der Waals surface area (Å²) in [6, 6.07) is 3.91. The molecule has 0 radical (unpaired) electrons. The number of benzene rings is 1. The molecule has 7 rings (SSSR count). The van der Waals surface area contributed by atoms with Gasteiger partial charge in [-0.1, -0.05) is 0 Å². The zero-order valence-electron chi connectivity index (χ0n) is 30.4. The number of hydrogen-bond acceptors (Lipinski definition) is 9. The summed E-state index contributed by atoms with van der Waals surface area (Å²) >= 11 is 0. The molecule has 2 spiro atoms. The minimum Gasteiger partial charge on any atom is -0.451 e. The van der Waals surface area contributed by atoms with E-state index < -0.39 is 16.0 Å². The van der Waals surface area contributed by atoms with Crippen LogP contribution in [0.3, 0.4) is 0 Å². The first-order valence-electron chi connectivity index (χ1n) is 18.4. The van der Waals surface area contributed by atoms with Crippen LogP contribution in [-0.4, -0.2) is 127 Å². The van der Waals surface area contributed by atoms with E-state index in [0.29, 0.717) is 49.1 Å². The molecule has 1 N–H and O–H groups in total.